The molecule has 2 aromatic rings. The number of ketones is 1. The number of carbonyl (C=O) groups excluding carboxylic acids is 1. The van der Waals surface area contributed by atoms with Crippen LogP contribution in [0.15, 0.2) is 48.5 Å². The molecule has 0 saturated carbocycles. The highest BCUT2D eigenvalue weighted by molar-refractivity contribution is 6.30. The lowest BCUT2D eigenvalue weighted by atomic mass is 10.1. The number of halogens is 1. The van der Waals surface area contributed by atoms with Crippen LogP contribution in [-0.2, 0) is 11.3 Å². The van der Waals surface area contributed by atoms with Gasteiger partial charge in [0.15, 0.2) is 5.78 Å². The van der Waals surface area contributed by atoms with E-state index >= 15 is 0 Å². The number of rotatable bonds is 7. The minimum Gasteiger partial charge on any atom is -0.493 e. The minimum absolute atomic E-state index is 0.0205. The average molecular weight is 305 g/mol. The number of hydrogen-bond donors (Lipinski definition) is 0. The maximum absolute atomic E-state index is 12.2. The van der Waals surface area contributed by atoms with Crippen molar-refractivity contribution in [1.82, 2.24) is 0 Å². The molecule has 0 radical (unpaired) electrons. The van der Waals surface area contributed by atoms with E-state index in [2.05, 4.69) is 0 Å². The van der Waals surface area contributed by atoms with E-state index in [9.17, 15) is 4.79 Å². The third-order valence-electron chi connectivity index (χ3n) is 2.90. The zero-order valence-corrected chi connectivity index (χ0v) is 12.6. The van der Waals surface area contributed by atoms with Crippen LogP contribution in [0.4, 0.5) is 0 Å². The Balaban J connectivity index is 1.91. The lowest BCUT2D eigenvalue weighted by Gasteiger charge is -2.09. The van der Waals surface area contributed by atoms with E-state index in [1.807, 2.05) is 31.2 Å². The first-order valence-corrected chi connectivity index (χ1v) is 7.15. The lowest BCUT2D eigenvalue weighted by Crippen LogP contribution is -2.11. The van der Waals surface area contributed by atoms with Gasteiger partial charge in [-0.2, -0.15) is 0 Å². The van der Waals surface area contributed by atoms with Crippen molar-refractivity contribution >= 4 is 17.4 Å². The molecular formula is C17H17ClO3. The van der Waals surface area contributed by atoms with Crippen molar-refractivity contribution in [3.63, 3.8) is 0 Å². The van der Waals surface area contributed by atoms with Gasteiger partial charge in [0, 0.05) is 5.02 Å². The van der Waals surface area contributed by atoms with E-state index in [-0.39, 0.29) is 12.4 Å². The SMILES string of the molecule is CCOc1ccccc1C(=O)COCc1ccc(Cl)cc1. The Morgan fingerprint density at radius 2 is 1.81 bits per heavy atom. The topological polar surface area (TPSA) is 35.5 Å². The van der Waals surface area contributed by atoms with Crippen molar-refractivity contribution in [2.24, 2.45) is 0 Å². The number of carbonyl (C=O) groups is 1. The van der Waals surface area contributed by atoms with Gasteiger partial charge in [-0.05, 0) is 36.8 Å². The molecule has 0 spiro atoms. The van der Waals surface area contributed by atoms with Gasteiger partial charge in [0.1, 0.15) is 12.4 Å². The summed E-state index contributed by atoms with van der Waals surface area (Å²) in [7, 11) is 0. The van der Waals surface area contributed by atoms with Gasteiger partial charge in [-0.15, -0.1) is 0 Å². The van der Waals surface area contributed by atoms with Crippen LogP contribution in [0.25, 0.3) is 0 Å². The molecule has 2 aromatic carbocycles. The summed E-state index contributed by atoms with van der Waals surface area (Å²) in [5.74, 6) is 0.508. The maximum atomic E-state index is 12.2. The zero-order chi connectivity index (χ0) is 15.1. The summed E-state index contributed by atoms with van der Waals surface area (Å²) in [6.07, 6.45) is 0. The van der Waals surface area contributed by atoms with Crippen molar-refractivity contribution in [2.45, 2.75) is 13.5 Å². The van der Waals surface area contributed by atoms with Gasteiger partial charge in [0.25, 0.3) is 0 Å². The van der Waals surface area contributed by atoms with Gasteiger partial charge in [0.05, 0.1) is 18.8 Å². The van der Waals surface area contributed by atoms with E-state index in [0.29, 0.717) is 29.5 Å². The van der Waals surface area contributed by atoms with Crippen molar-refractivity contribution in [3.8, 4) is 5.75 Å². The third-order valence-corrected chi connectivity index (χ3v) is 3.15. The Bertz CT molecular complexity index is 593. The highest BCUT2D eigenvalue weighted by Gasteiger charge is 2.11. The van der Waals surface area contributed by atoms with Crippen LogP contribution in [0.1, 0.15) is 22.8 Å². The molecule has 110 valence electrons. The first kappa shape index (κ1) is 15.5. The fraction of sp³-hybridized carbons (Fsp3) is 0.235. The fourth-order valence-electron chi connectivity index (χ4n) is 1.90. The number of benzene rings is 2. The first-order valence-electron chi connectivity index (χ1n) is 6.78. The molecule has 0 aromatic heterocycles. The van der Waals surface area contributed by atoms with Gasteiger partial charge >= 0.3 is 0 Å². The largest absolute Gasteiger partial charge is 0.493 e. The van der Waals surface area contributed by atoms with E-state index < -0.39 is 0 Å². The van der Waals surface area contributed by atoms with E-state index in [1.165, 1.54) is 0 Å². The summed E-state index contributed by atoms with van der Waals surface area (Å²) in [6.45, 7) is 2.81. The second-order valence-electron chi connectivity index (χ2n) is 4.47. The van der Waals surface area contributed by atoms with Gasteiger partial charge in [-0.1, -0.05) is 35.9 Å². The van der Waals surface area contributed by atoms with Gasteiger partial charge in [-0.3, -0.25) is 4.79 Å². The molecule has 0 bridgehead atoms. The standard InChI is InChI=1S/C17H17ClO3/c1-2-21-17-6-4-3-5-15(17)16(19)12-20-11-13-7-9-14(18)10-8-13/h3-10H,2,11-12H2,1H3. The minimum atomic E-state index is -0.0898. The molecule has 4 heteroatoms. The van der Waals surface area contributed by atoms with Crippen LogP contribution < -0.4 is 4.74 Å². The van der Waals surface area contributed by atoms with Crippen molar-refractivity contribution in [2.75, 3.05) is 13.2 Å². The molecule has 0 saturated heterocycles. The van der Waals surface area contributed by atoms with Crippen LogP contribution in [0, 0.1) is 0 Å². The van der Waals surface area contributed by atoms with Crippen molar-refractivity contribution < 1.29 is 14.3 Å². The normalized spacial score (nSPS) is 10.4. The molecule has 0 fully saturated rings. The summed E-state index contributed by atoms with van der Waals surface area (Å²) in [4.78, 5) is 12.2. The van der Waals surface area contributed by atoms with E-state index in [4.69, 9.17) is 21.1 Å². The molecule has 3 nitrogen and oxygen atoms in total. The summed E-state index contributed by atoms with van der Waals surface area (Å²) >= 11 is 5.81. The Kier molecular flexibility index (Phi) is 5.78. The smallest absolute Gasteiger partial charge is 0.192 e. The number of Topliss-reactive ketones (excluding diaryl/α,β-unsaturated/α-hetero) is 1. The van der Waals surface area contributed by atoms with E-state index in [1.54, 1.807) is 24.3 Å². The molecular weight excluding hydrogens is 288 g/mol. The van der Waals surface area contributed by atoms with Crippen molar-refractivity contribution in [1.29, 1.82) is 0 Å². The Hall–Kier alpha value is -1.84. The van der Waals surface area contributed by atoms with Crippen LogP contribution in [0.5, 0.6) is 5.75 Å². The first-order chi connectivity index (χ1) is 10.2. The number of ether oxygens (including phenoxy) is 2. The second-order valence-corrected chi connectivity index (χ2v) is 4.91. The summed E-state index contributed by atoms with van der Waals surface area (Å²) < 4.78 is 10.9. The Labute approximate surface area is 129 Å². The summed E-state index contributed by atoms with van der Waals surface area (Å²) in [5, 5.41) is 0.681. The molecule has 0 aliphatic rings. The summed E-state index contributed by atoms with van der Waals surface area (Å²) in [6, 6.07) is 14.5. The quantitative estimate of drug-likeness (QED) is 0.721. The molecule has 0 heterocycles. The molecule has 0 aliphatic carbocycles. The van der Waals surface area contributed by atoms with Crippen molar-refractivity contribution in [3.05, 3.63) is 64.7 Å². The third kappa shape index (κ3) is 4.59. The molecule has 0 atom stereocenters. The molecule has 0 N–H and O–H groups in total. The molecule has 0 amide bonds. The molecule has 21 heavy (non-hydrogen) atoms. The van der Waals surface area contributed by atoms with Crippen LogP contribution in [0.3, 0.4) is 0 Å². The molecule has 2 rings (SSSR count). The van der Waals surface area contributed by atoms with Crippen LogP contribution in [-0.4, -0.2) is 19.0 Å². The fourth-order valence-corrected chi connectivity index (χ4v) is 2.02. The molecule has 0 unspecified atom stereocenters. The molecule has 0 aliphatic heterocycles. The lowest BCUT2D eigenvalue weighted by molar-refractivity contribution is 0.0723. The number of para-hydroxylation sites is 1. The highest BCUT2D eigenvalue weighted by atomic mass is 35.5. The predicted octanol–water partition coefficient (Wildman–Crippen LogP) is 4.14. The van der Waals surface area contributed by atoms with Crippen LogP contribution in [0.2, 0.25) is 5.02 Å². The highest BCUT2D eigenvalue weighted by Crippen LogP contribution is 2.19. The summed E-state index contributed by atoms with van der Waals surface area (Å²) in [5.41, 5.74) is 1.53. The van der Waals surface area contributed by atoms with Crippen LogP contribution >= 0.6 is 11.6 Å². The predicted molar refractivity (Wildman–Crippen MR) is 83.0 cm³/mol. The zero-order valence-electron chi connectivity index (χ0n) is 11.8. The van der Waals surface area contributed by atoms with E-state index in [0.717, 1.165) is 5.56 Å². The van der Waals surface area contributed by atoms with Gasteiger partial charge < -0.3 is 9.47 Å². The number of hydrogen-bond acceptors (Lipinski definition) is 3. The maximum Gasteiger partial charge on any atom is 0.192 e. The second kappa shape index (κ2) is 7.81. The van der Waals surface area contributed by atoms with Gasteiger partial charge in [0.2, 0.25) is 0 Å². The Morgan fingerprint density at radius 1 is 1.10 bits per heavy atom. The Morgan fingerprint density at radius 3 is 2.52 bits per heavy atom. The monoisotopic (exact) mass is 304 g/mol. The average Bonchev–Trinajstić information content (AvgIpc) is 2.50. The van der Waals surface area contributed by atoms with Gasteiger partial charge in [-0.25, -0.2) is 0 Å².